The number of benzene rings is 1. The van der Waals surface area contributed by atoms with Crippen molar-refractivity contribution in [2.75, 3.05) is 7.05 Å². The summed E-state index contributed by atoms with van der Waals surface area (Å²) in [5, 5.41) is 0. The van der Waals surface area contributed by atoms with Crippen LogP contribution < -0.4 is 0 Å². The van der Waals surface area contributed by atoms with E-state index in [-0.39, 0.29) is 0 Å². The quantitative estimate of drug-likeness (QED) is 0.600. The number of para-hydroxylation sites is 2. The summed E-state index contributed by atoms with van der Waals surface area (Å²) in [6, 6.07) is 8.43. The summed E-state index contributed by atoms with van der Waals surface area (Å²) < 4.78 is 4.40. The molecule has 0 atom stereocenters. The Morgan fingerprint density at radius 2 is 1.89 bits per heavy atom. The van der Waals surface area contributed by atoms with Crippen LogP contribution in [0.25, 0.3) is 22.9 Å². The maximum Gasteiger partial charge on any atom is 0.215 e. The maximum atomic E-state index is 4.77. The summed E-state index contributed by atoms with van der Waals surface area (Å²) in [5.74, 6) is 1.01. The van der Waals surface area contributed by atoms with Gasteiger partial charge in [-0.2, -0.15) is 0 Å². The fourth-order valence-electron chi connectivity index (χ4n) is 2.75. The Kier molecular flexibility index (Phi) is 1.71. The van der Waals surface area contributed by atoms with Gasteiger partial charge < -0.3 is 9.47 Å². The minimum absolute atomic E-state index is 0.877. The minimum Gasteiger partial charge on any atom is -0.374 e. The van der Waals surface area contributed by atoms with Crippen molar-refractivity contribution in [3.63, 3.8) is 0 Å². The Hall–Kier alpha value is -2.23. The van der Waals surface area contributed by atoms with Crippen LogP contribution in [0.4, 0.5) is 0 Å². The van der Waals surface area contributed by atoms with Gasteiger partial charge in [-0.25, -0.2) is 4.98 Å². The normalized spacial score (nSPS) is 14.7. The van der Waals surface area contributed by atoms with Crippen LogP contribution >= 0.6 is 0 Å². The Bertz CT molecular complexity index is 791. The molecule has 0 spiro atoms. The highest BCUT2D eigenvalue weighted by Crippen LogP contribution is 2.26. The molecule has 0 unspecified atom stereocenters. The molecule has 0 saturated carbocycles. The van der Waals surface area contributed by atoms with Gasteiger partial charge in [0.05, 0.1) is 29.0 Å². The Labute approximate surface area is 105 Å². The molecule has 4 rings (SSSR count). The van der Waals surface area contributed by atoms with E-state index < -0.39 is 0 Å². The van der Waals surface area contributed by atoms with Gasteiger partial charge in [0.25, 0.3) is 0 Å². The van der Waals surface area contributed by atoms with Crippen LogP contribution in [0.5, 0.6) is 0 Å². The van der Waals surface area contributed by atoms with Crippen molar-refractivity contribution in [3.8, 4) is 0 Å². The van der Waals surface area contributed by atoms with Gasteiger partial charge in [0.1, 0.15) is 0 Å². The third-order valence-corrected chi connectivity index (χ3v) is 3.64. The fraction of sp³-hybridized carbons (Fsp3) is 0.214. The average molecular weight is 238 g/mol. The first-order valence-electron chi connectivity index (χ1n) is 6.09. The first-order chi connectivity index (χ1) is 8.75. The summed E-state index contributed by atoms with van der Waals surface area (Å²) in [4.78, 5) is 6.92. The fourth-order valence-corrected chi connectivity index (χ4v) is 2.75. The number of aromatic nitrogens is 3. The van der Waals surface area contributed by atoms with Crippen LogP contribution in [0, 0.1) is 0 Å². The Morgan fingerprint density at radius 1 is 1.11 bits per heavy atom. The minimum atomic E-state index is 0.877. The van der Waals surface area contributed by atoms with Crippen LogP contribution in [-0.4, -0.2) is 25.9 Å². The van der Waals surface area contributed by atoms with Crippen LogP contribution in [0.1, 0.15) is 11.4 Å². The van der Waals surface area contributed by atoms with E-state index in [9.17, 15) is 0 Å². The summed E-state index contributed by atoms with van der Waals surface area (Å²) >= 11 is 0. The molecule has 1 aromatic carbocycles. The standard InChI is InChI=1S/C14H14N4/c1-16-8-7-11-10(9-16)15-14-17(2)12-5-3-4-6-13(12)18(11)14/h3-8H,9H2,1-2H3. The van der Waals surface area contributed by atoms with E-state index in [1.807, 2.05) is 0 Å². The number of imidazole rings is 2. The van der Waals surface area contributed by atoms with Gasteiger partial charge in [-0.15, -0.1) is 0 Å². The highest BCUT2D eigenvalue weighted by molar-refractivity contribution is 5.82. The molecule has 4 heteroatoms. The van der Waals surface area contributed by atoms with Gasteiger partial charge in [-0.05, 0) is 18.2 Å². The van der Waals surface area contributed by atoms with E-state index in [1.165, 1.54) is 16.7 Å². The summed E-state index contributed by atoms with van der Waals surface area (Å²) in [5.41, 5.74) is 4.80. The van der Waals surface area contributed by atoms with Gasteiger partial charge in [-0.3, -0.25) is 4.40 Å². The first kappa shape index (κ1) is 9.76. The topological polar surface area (TPSA) is 25.5 Å². The van der Waals surface area contributed by atoms with E-state index in [0.29, 0.717) is 0 Å². The first-order valence-corrected chi connectivity index (χ1v) is 6.09. The third kappa shape index (κ3) is 1.07. The van der Waals surface area contributed by atoms with Gasteiger partial charge in [-0.1, -0.05) is 12.1 Å². The highest BCUT2D eigenvalue weighted by Gasteiger charge is 2.19. The van der Waals surface area contributed by atoms with Crippen LogP contribution in [0.15, 0.2) is 30.5 Å². The zero-order valence-electron chi connectivity index (χ0n) is 10.5. The van der Waals surface area contributed by atoms with E-state index in [1.54, 1.807) is 0 Å². The van der Waals surface area contributed by atoms with Crippen molar-refractivity contribution in [1.29, 1.82) is 0 Å². The zero-order valence-corrected chi connectivity index (χ0v) is 10.5. The largest absolute Gasteiger partial charge is 0.374 e. The molecule has 0 amide bonds. The molecule has 3 heterocycles. The summed E-state index contributed by atoms with van der Waals surface area (Å²) in [7, 11) is 4.14. The number of fused-ring (bicyclic) bond motifs is 5. The van der Waals surface area contributed by atoms with Crippen LogP contribution in [-0.2, 0) is 13.6 Å². The van der Waals surface area contributed by atoms with Crippen molar-refractivity contribution in [1.82, 2.24) is 18.9 Å². The predicted molar refractivity (Wildman–Crippen MR) is 72.2 cm³/mol. The molecule has 0 N–H and O–H groups in total. The van der Waals surface area contributed by atoms with Gasteiger partial charge in [0, 0.05) is 20.3 Å². The smallest absolute Gasteiger partial charge is 0.215 e. The SMILES string of the molecule is CN1C=Cc2c(nc3n(C)c4ccccc4n23)C1. The molecule has 18 heavy (non-hydrogen) atoms. The zero-order chi connectivity index (χ0) is 12.3. The molecule has 0 aliphatic carbocycles. The summed E-state index contributed by atoms with van der Waals surface area (Å²) in [6.45, 7) is 0.877. The molecular weight excluding hydrogens is 224 g/mol. The molecule has 0 saturated heterocycles. The Balaban J connectivity index is 2.19. The number of rotatable bonds is 0. The van der Waals surface area contributed by atoms with Crippen LogP contribution in [0.2, 0.25) is 0 Å². The molecule has 90 valence electrons. The van der Waals surface area contributed by atoms with Crippen molar-refractivity contribution >= 4 is 22.9 Å². The maximum absolute atomic E-state index is 4.77. The second-order valence-electron chi connectivity index (χ2n) is 4.86. The number of hydrogen-bond donors (Lipinski definition) is 0. The molecule has 2 aromatic heterocycles. The number of aryl methyl sites for hydroxylation is 1. The lowest BCUT2D eigenvalue weighted by Gasteiger charge is -2.16. The van der Waals surface area contributed by atoms with Gasteiger partial charge >= 0.3 is 0 Å². The van der Waals surface area contributed by atoms with Crippen molar-refractivity contribution in [3.05, 3.63) is 41.9 Å². The van der Waals surface area contributed by atoms with Crippen molar-refractivity contribution in [2.45, 2.75) is 6.54 Å². The van der Waals surface area contributed by atoms with E-state index in [0.717, 1.165) is 18.0 Å². The second-order valence-corrected chi connectivity index (χ2v) is 4.86. The molecular formula is C14H14N4. The monoisotopic (exact) mass is 238 g/mol. The van der Waals surface area contributed by atoms with Crippen molar-refractivity contribution in [2.24, 2.45) is 7.05 Å². The molecule has 0 radical (unpaired) electrons. The molecule has 3 aromatic rings. The molecule has 4 nitrogen and oxygen atoms in total. The predicted octanol–water partition coefficient (Wildman–Crippen LogP) is 2.24. The molecule has 0 fully saturated rings. The molecule has 1 aliphatic rings. The number of hydrogen-bond acceptors (Lipinski definition) is 2. The van der Waals surface area contributed by atoms with Gasteiger partial charge in [0.15, 0.2) is 0 Å². The lowest BCUT2D eigenvalue weighted by atomic mass is 10.2. The second kappa shape index (κ2) is 3.16. The van der Waals surface area contributed by atoms with Crippen LogP contribution in [0.3, 0.4) is 0 Å². The molecule has 0 bridgehead atoms. The average Bonchev–Trinajstić information content (AvgIpc) is 2.87. The number of nitrogens with zero attached hydrogens (tertiary/aromatic N) is 4. The van der Waals surface area contributed by atoms with E-state index >= 15 is 0 Å². The van der Waals surface area contributed by atoms with E-state index in [2.05, 4.69) is 64.5 Å². The third-order valence-electron chi connectivity index (χ3n) is 3.64. The summed E-state index contributed by atoms with van der Waals surface area (Å²) in [6.07, 6.45) is 4.25. The molecule has 1 aliphatic heterocycles. The lowest BCUT2D eigenvalue weighted by molar-refractivity contribution is 0.441. The van der Waals surface area contributed by atoms with Gasteiger partial charge in [0.2, 0.25) is 5.78 Å². The highest BCUT2D eigenvalue weighted by atomic mass is 15.2. The Morgan fingerprint density at radius 3 is 2.72 bits per heavy atom. The van der Waals surface area contributed by atoms with Crippen molar-refractivity contribution < 1.29 is 0 Å². The lowest BCUT2D eigenvalue weighted by Crippen LogP contribution is -2.14. The van der Waals surface area contributed by atoms with E-state index in [4.69, 9.17) is 4.98 Å².